The third-order valence-corrected chi connectivity index (χ3v) is 4.63. The van der Waals surface area contributed by atoms with Gasteiger partial charge in [-0.15, -0.1) is 0 Å². The molecule has 0 bridgehead atoms. The van der Waals surface area contributed by atoms with E-state index in [-0.39, 0.29) is 0 Å². The molecule has 0 aromatic carbocycles. The lowest BCUT2D eigenvalue weighted by Crippen LogP contribution is -2.43. The summed E-state index contributed by atoms with van der Waals surface area (Å²) in [7, 11) is 1.91. The van der Waals surface area contributed by atoms with Crippen LogP contribution in [0.1, 0.15) is 17.0 Å². The zero-order valence-corrected chi connectivity index (χ0v) is 15.3. The SMILES string of the molecule is Cn1ccc(Cc2cc(-c3cc(C#N)cc(N4CCNCC4)n3)ccn2)n1. The van der Waals surface area contributed by atoms with Gasteiger partial charge < -0.3 is 10.2 Å². The molecule has 136 valence electrons. The molecule has 0 unspecified atom stereocenters. The Hall–Kier alpha value is -3.24. The number of aryl methyl sites for hydroxylation is 1. The van der Waals surface area contributed by atoms with E-state index in [1.807, 2.05) is 43.6 Å². The zero-order chi connectivity index (χ0) is 18.6. The van der Waals surface area contributed by atoms with E-state index in [9.17, 15) is 5.26 Å². The van der Waals surface area contributed by atoms with Crippen molar-refractivity contribution in [2.75, 3.05) is 31.1 Å². The number of anilines is 1. The molecular weight excluding hydrogens is 338 g/mol. The van der Waals surface area contributed by atoms with Crippen LogP contribution in [-0.2, 0) is 13.5 Å². The molecule has 1 saturated heterocycles. The lowest BCUT2D eigenvalue weighted by atomic mass is 10.1. The van der Waals surface area contributed by atoms with Gasteiger partial charge in [0.15, 0.2) is 0 Å². The summed E-state index contributed by atoms with van der Waals surface area (Å²) >= 11 is 0. The fraction of sp³-hybridized carbons (Fsp3) is 0.300. The van der Waals surface area contributed by atoms with Gasteiger partial charge in [-0.1, -0.05) is 0 Å². The van der Waals surface area contributed by atoms with E-state index in [4.69, 9.17) is 4.98 Å². The van der Waals surface area contributed by atoms with Gasteiger partial charge in [-0.05, 0) is 30.3 Å². The summed E-state index contributed by atoms with van der Waals surface area (Å²) < 4.78 is 1.79. The maximum Gasteiger partial charge on any atom is 0.130 e. The second kappa shape index (κ2) is 7.56. The molecule has 3 aromatic heterocycles. The fourth-order valence-corrected chi connectivity index (χ4v) is 3.26. The summed E-state index contributed by atoms with van der Waals surface area (Å²) in [6.07, 6.45) is 4.38. The second-order valence-electron chi connectivity index (χ2n) is 6.64. The van der Waals surface area contributed by atoms with Gasteiger partial charge in [-0.25, -0.2) is 4.98 Å². The lowest BCUT2D eigenvalue weighted by molar-refractivity contribution is 0.585. The number of piperazine rings is 1. The molecule has 0 amide bonds. The number of nitrogens with zero attached hydrogens (tertiary/aromatic N) is 6. The quantitative estimate of drug-likeness (QED) is 0.764. The van der Waals surface area contributed by atoms with Crippen molar-refractivity contribution in [3.05, 3.63) is 59.7 Å². The maximum absolute atomic E-state index is 9.45. The van der Waals surface area contributed by atoms with E-state index in [0.717, 1.165) is 54.6 Å². The Bertz CT molecular complexity index is 980. The normalized spacial score (nSPS) is 14.1. The molecule has 7 heteroatoms. The minimum atomic E-state index is 0.622. The van der Waals surface area contributed by atoms with Gasteiger partial charge in [0.1, 0.15) is 5.82 Å². The third kappa shape index (κ3) is 3.96. The summed E-state index contributed by atoms with van der Waals surface area (Å²) in [5.41, 5.74) is 4.29. The van der Waals surface area contributed by atoms with Gasteiger partial charge in [-0.2, -0.15) is 10.4 Å². The molecule has 27 heavy (non-hydrogen) atoms. The molecule has 4 rings (SSSR count). The first-order valence-electron chi connectivity index (χ1n) is 9.03. The Morgan fingerprint density at radius 2 is 2.00 bits per heavy atom. The van der Waals surface area contributed by atoms with Crippen LogP contribution in [-0.4, -0.2) is 45.9 Å². The van der Waals surface area contributed by atoms with Crippen molar-refractivity contribution in [1.29, 1.82) is 5.26 Å². The summed E-state index contributed by atoms with van der Waals surface area (Å²) in [5, 5.41) is 17.2. The van der Waals surface area contributed by atoms with E-state index in [1.165, 1.54) is 0 Å². The Balaban J connectivity index is 1.66. The third-order valence-electron chi connectivity index (χ3n) is 4.63. The monoisotopic (exact) mass is 359 g/mol. The molecule has 1 N–H and O–H groups in total. The summed E-state index contributed by atoms with van der Waals surface area (Å²) in [6, 6.07) is 11.9. The van der Waals surface area contributed by atoms with Crippen molar-refractivity contribution >= 4 is 5.82 Å². The molecule has 0 radical (unpaired) electrons. The van der Waals surface area contributed by atoms with Crippen LogP contribution < -0.4 is 10.2 Å². The first-order chi connectivity index (χ1) is 13.2. The number of nitriles is 1. The van der Waals surface area contributed by atoms with Gasteiger partial charge >= 0.3 is 0 Å². The molecule has 0 spiro atoms. The van der Waals surface area contributed by atoms with Crippen molar-refractivity contribution in [2.24, 2.45) is 7.05 Å². The van der Waals surface area contributed by atoms with E-state index in [0.29, 0.717) is 12.0 Å². The van der Waals surface area contributed by atoms with E-state index < -0.39 is 0 Å². The van der Waals surface area contributed by atoms with Crippen LogP contribution in [0.25, 0.3) is 11.3 Å². The molecule has 0 atom stereocenters. The van der Waals surface area contributed by atoms with Crippen LogP contribution in [0.3, 0.4) is 0 Å². The van der Waals surface area contributed by atoms with Crippen LogP contribution in [0.4, 0.5) is 5.82 Å². The van der Waals surface area contributed by atoms with E-state index in [1.54, 1.807) is 10.9 Å². The van der Waals surface area contributed by atoms with Crippen molar-refractivity contribution < 1.29 is 0 Å². The van der Waals surface area contributed by atoms with Crippen molar-refractivity contribution in [2.45, 2.75) is 6.42 Å². The molecule has 1 aliphatic heterocycles. The zero-order valence-electron chi connectivity index (χ0n) is 15.3. The van der Waals surface area contributed by atoms with E-state index >= 15 is 0 Å². The predicted molar refractivity (Wildman–Crippen MR) is 103 cm³/mol. The highest BCUT2D eigenvalue weighted by Crippen LogP contribution is 2.24. The highest BCUT2D eigenvalue weighted by molar-refractivity contribution is 5.64. The largest absolute Gasteiger partial charge is 0.354 e. The van der Waals surface area contributed by atoms with Crippen LogP contribution in [0, 0.1) is 11.3 Å². The average Bonchev–Trinajstić information content (AvgIpc) is 3.13. The van der Waals surface area contributed by atoms with Gasteiger partial charge in [0, 0.05) is 63.3 Å². The first-order valence-corrected chi connectivity index (χ1v) is 9.03. The Labute approximate surface area is 158 Å². The number of nitrogens with one attached hydrogen (secondary N) is 1. The van der Waals surface area contributed by atoms with Crippen LogP contribution >= 0.6 is 0 Å². The Kier molecular flexibility index (Phi) is 4.81. The van der Waals surface area contributed by atoms with Gasteiger partial charge in [0.25, 0.3) is 0 Å². The highest BCUT2D eigenvalue weighted by atomic mass is 15.2. The molecule has 1 fully saturated rings. The number of aromatic nitrogens is 4. The van der Waals surface area contributed by atoms with Crippen molar-refractivity contribution in [1.82, 2.24) is 25.1 Å². The van der Waals surface area contributed by atoms with Gasteiger partial charge in [-0.3, -0.25) is 9.67 Å². The molecular formula is C20H21N7. The fourth-order valence-electron chi connectivity index (χ4n) is 3.26. The van der Waals surface area contributed by atoms with Crippen LogP contribution in [0.15, 0.2) is 42.7 Å². The molecule has 7 nitrogen and oxygen atoms in total. The van der Waals surface area contributed by atoms with Gasteiger partial charge in [0.2, 0.25) is 0 Å². The molecule has 3 aromatic rings. The van der Waals surface area contributed by atoms with Crippen LogP contribution in [0.5, 0.6) is 0 Å². The topological polar surface area (TPSA) is 82.7 Å². The Morgan fingerprint density at radius 3 is 2.74 bits per heavy atom. The summed E-state index contributed by atoms with van der Waals surface area (Å²) in [5.74, 6) is 0.855. The number of hydrogen-bond acceptors (Lipinski definition) is 6. The van der Waals surface area contributed by atoms with Crippen LogP contribution in [0.2, 0.25) is 0 Å². The maximum atomic E-state index is 9.45. The minimum absolute atomic E-state index is 0.622. The Morgan fingerprint density at radius 1 is 1.15 bits per heavy atom. The first kappa shape index (κ1) is 17.2. The second-order valence-corrected chi connectivity index (χ2v) is 6.64. The minimum Gasteiger partial charge on any atom is -0.354 e. The predicted octanol–water partition coefficient (Wildman–Crippen LogP) is 1.75. The molecule has 1 aliphatic rings. The average molecular weight is 359 g/mol. The number of pyridine rings is 2. The number of rotatable bonds is 4. The van der Waals surface area contributed by atoms with E-state index in [2.05, 4.69) is 26.4 Å². The molecule has 4 heterocycles. The lowest BCUT2D eigenvalue weighted by Gasteiger charge is -2.28. The highest BCUT2D eigenvalue weighted by Gasteiger charge is 2.14. The molecule has 0 saturated carbocycles. The summed E-state index contributed by atoms with van der Waals surface area (Å²) in [6.45, 7) is 3.64. The number of hydrogen-bond donors (Lipinski definition) is 1. The smallest absolute Gasteiger partial charge is 0.130 e. The van der Waals surface area contributed by atoms with Gasteiger partial charge in [0.05, 0.1) is 23.0 Å². The van der Waals surface area contributed by atoms with Crippen molar-refractivity contribution in [3.8, 4) is 17.3 Å². The molecule has 0 aliphatic carbocycles. The van der Waals surface area contributed by atoms with Crippen molar-refractivity contribution in [3.63, 3.8) is 0 Å². The standard InChI is InChI=1S/C20H21N7/c1-26-7-3-17(25-26)13-18-12-16(2-4-23-18)19-10-15(14-21)11-20(24-19)27-8-5-22-6-9-27/h2-4,7,10-12,22H,5-6,8-9,13H2,1H3. The summed E-state index contributed by atoms with van der Waals surface area (Å²) in [4.78, 5) is 11.5.